The number of carbonyl (C=O) groups is 1. The van der Waals surface area contributed by atoms with E-state index in [2.05, 4.69) is 4.98 Å². The van der Waals surface area contributed by atoms with Crippen LogP contribution in [0.1, 0.15) is 28.1 Å². The lowest BCUT2D eigenvalue weighted by Gasteiger charge is -2.20. The molecule has 2 aromatic heterocycles. The maximum atomic E-state index is 12.6. The number of aryl methyl sites for hydroxylation is 1. The van der Waals surface area contributed by atoms with E-state index in [4.69, 9.17) is 9.47 Å². The van der Waals surface area contributed by atoms with Gasteiger partial charge < -0.3 is 14.4 Å². The highest BCUT2D eigenvalue weighted by Crippen LogP contribution is 2.29. The predicted octanol–water partition coefficient (Wildman–Crippen LogP) is 5.16. The van der Waals surface area contributed by atoms with Crippen molar-refractivity contribution in [2.24, 2.45) is 0 Å². The summed E-state index contributed by atoms with van der Waals surface area (Å²) in [5.74, 6) is 1.31. The summed E-state index contributed by atoms with van der Waals surface area (Å²) in [6.45, 7) is 5.53. The first-order valence-corrected chi connectivity index (χ1v) is 11.1. The molecule has 0 aliphatic heterocycles. The predicted molar refractivity (Wildman–Crippen MR) is 119 cm³/mol. The monoisotopic (exact) mass is 428 g/mol. The largest absolute Gasteiger partial charge is 0.493 e. The smallest absolute Gasteiger partial charge is 0.246 e. The molecule has 0 aliphatic carbocycles. The Hall–Kier alpha value is -2.64. The summed E-state index contributed by atoms with van der Waals surface area (Å²) in [6, 6.07) is 9.83. The molecule has 0 fully saturated rings. The van der Waals surface area contributed by atoms with E-state index in [0.717, 1.165) is 21.1 Å². The van der Waals surface area contributed by atoms with Crippen molar-refractivity contribution in [1.29, 1.82) is 0 Å². The number of thiophene rings is 1. The molecule has 1 aromatic carbocycles. The Balaban J connectivity index is 1.65. The molecule has 7 heteroatoms. The zero-order valence-corrected chi connectivity index (χ0v) is 18.4. The molecular formula is C22H24N2O3S2. The van der Waals surface area contributed by atoms with Crippen LogP contribution in [-0.2, 0) is 17.9 Å². The lowest BCUT2D eigenvalue weighted by molar-refractivity contribution is -0.126. The second-order valence-corrected chi connectivity index (χ2v) is 8.42. The third-order valence-corrected chi connectivity index (χ3v) is 5.92. The molecule has 0 spiro atoms. The lowest BCUT2D eigenvalue weighted by Crippen LogP contribution is -2.28. The highest BCUT2D eigenvalue weighted by atomic mass is 32.1. The van der Waals surface area contributed by atoms with E-state index in [1.54, 1.807) is 46.8 Å². The van der Waals surface area contributed by atoms with Crippen LogP contribution in [0.4, 0.5) is 0 Å². The van der Waals surface area contributed by atoms with Crippen molar-refractivity contribution in [3.05, 3.63) is 68.3 Å². The topological polar surface area (TPSA) is 51.7 Å². The molecule has 0 saturated heterocycles. The standard InChI is InChI=1S/C22H24N2O3S2/c1-4-24(22(25)10-8-18-15-29-16(2)23-18)13-17-7-9-20(21(12-17)26-3)27-14-19-6-5-11-28-19/h5-12,15H,4,13-14H2,1-3H3/b10-8+. The number of ether oxygens (including phenoxy) is 2. The maximum Gasteiger partial charge on any atom is 0.246 e. The molecule has 3 aromatic rings. The molecule has 2 heterocycles. The fraction of sp³-hybridized carbons (Fsp3) is 0.273. The van der Waals surface area contributed by atoms with Gasteiger partial charge in [-0.25, -0.2) is 4.98 Å². The first kappa shape index (κ1) is 21.1. The highest BCUT2D eigenvalue weighted by molar-refractivity contribution is 7.10. The Labute approximate surface area is 179 Å². The van der Waals surface area contributed by atoms with Crippen molar-refractivity contribution in [2.75, 3.05) is 13.7 Å². The highest BCUT2D eigenvalue weighted by Gasteiger charge is 2.12. The van der Waals surface area contributed by atoms with Crippen LogP contribution in [0.25, 0.3) is 6.08 Å². The number of thiazole rings is 1. The summed E-state index contributed by atoms with van der Waals surface area (Å²) < 4.78 is 11.4. The summed E-state index contributed by atoms with van der Waals surface area (Å²) in [5, 5.41) is 4.95. The molecule has 0 radical (unpaired) electrons. The summed E-state index contributed by atoms with van der Waals surface area (Å²) >= 11 is 3.23. The molecule has 152 valence electrons. The second-order valence-electron chi connectivity index (χ2n) is 6.33. The quantitative estimate of drug-likeness (QED) is 0.442. The van der Waals surface area contributed by atoms with E-state index in [1.165, 1.54) is 0 Å². The van der Waals surface area contributed by atoms with Crippen LogP contribution in [-0.4, -0.2) is 29.4 Å². The van der Waals surface area contributed by atoms with Gasteiger partial charge >= 0.3 is 0 Å². The van der Waals surface area contributed by atoms with Gasteiger partial charge in [0.25, 0.3) is 0 Å². The minimum absolute atomic E-state index is 0.0462. The van der Waals surface area contributed by atoms with Crippen LogP contribution in [0.5, 0.6) is 11.5 Å². The maximum absolute atomic E-state index is 12.6. The number of methoxy groups -OCH3 is 1. The van der Waals surface area contributed by atoms with Crippen molar-refractivity contribution in [3.8, 4) is 11.5 Å². The van der Waals surface area contributed by atoms with Crippen LogP contribution in [0.3, 0.4) is 0 Å². The molecular weight excluding hydrogens is 404 g/mol. The molecule has 0 aliphatic rings. The van der Waals surface area contributed by atoms with E-state index in [0.29, 0.717) is 31.2 Å². The minimum atomic E-state index is -0.0462. The van der Waals surface area contributed by atoms with Crippen molar-refractivity contribution in [2.45, 2.75) is 27.0 Å². The number of amides is 1. The van der Waals surface area contributed by atoms with Crippen LogP contribution in [0.2, 0.25) is 0 Å². The molecule has 5 nitrogen and oxygen atoms in total. The van der Waals surface area contributed by atoms with Gasteiger partial charge in [-0.2, -0.15) is 0 Å². The van der Waals surface area contributed by atoms with Gasteiger partial charge in [0.05, 0.1) is 17.8 Å². The van der Waals surface area contributed by atoms with Crippen LogP contribution >= 0.6 is 22.7 Å². The zero-order valence-electron chi connectivity index (χ0n) is 16.8. The SMILES string of the molecule is CCN(Cc1ccc(OCc2cccs2)c(OC)c1)C(=O)/C=C/c1csc(C)n1. The zero-order chi connectivity index (χ0) is 20.6. The first-order valence-electron chi connectivity index (χ1n) is 9.30. The van der Waals surface area contributed by atoms with E-state index >= 15 is 0 Å². The van der Waals surface area contributed by atoms with Gasteiger partial charge in [0.15, 0.2) is 11.5 Å². The Bertz CT molecular complexity index is 964. The van der Waals surface area contributed by atoms with Gasteiger partial charge in [0.1, 0.15) is 6.61 Å². The average molecular weight is 429 g/mol. The molecule has 0 N–H and O–H groups in total. The number of hydrogen-bond donors (Lipinski definition) is 0. The average Bonchev–Trinajstić information content (AvgIpc) is 3.40. The summed E-state index contributed by atoms with van der Waals surface area (Å²) in [6.07, 6.45) is 3.34. The lowest BCUT2D eigenvalue weighted by atomic mass is 10.2. The third-order valence-electron chi connectivity index (χ3n) is 4.28. The van der Waals surface area contributed by atoms with E-state index in [9.17, 15) is 4.79 Å². The van der Waals surface area contributed by atoms with Crippen molar-refractivity contribution in [3.63, 3.8) is 0 Å². The van der Waals surface area contributed by atoms with Gasteiger partial charge in [0.2, 0.25) is 5.91 Å². The van der Waals surface area contributed by atoms with Crippen LogP contribution in [0.15, 0.2) is 47.2 Å². The summed E-state index contributed by atoms with van der Waals surface area (Å²) in [4.78, 5) is 19.9. The number of likely N-dealkylation sites (N-methyl/N-ethyl adjacent to an activating group) is 1. The molecule has 0 unspecified atom stereocenters. The molecule has 29 heavy (non-hydrogen) atoms. The number of rotatable bonds is 9. The van der Waals surface area contributed by atoms with Gasteiger partial charge in [-0.3, -0.25) is 4.79 Å². The van der Waals surface area contributed by atoms with E-state index < -0.39 is 0 Å². The number of benzene rings is 1. The number of hydrogen-bond acceptors (Lipinski definition) is 6. The summed E-state index contributed by atoms with van der Waals surface area (Å²) in [5.41, 5.74) is 1.80. The van der Waals surface area contributed by atoms with Crippen molar-refractivity contribution >= 4 is 34.7 Å². The fourth-order valence-corrected chi connectivity index (χ4v) is 3.95. The van der Waals surface area contributed by atoms with Crippen molar-refractivity contribution in [1.82, 2.24) is 9.88 Å². The molecule has 3 rings (SSSR count). The second kappa shape index (κ2) is 10.2. The Kier molecular flexibility index (Phi) is 7.43. The van der Waals surface area contributed by atoms with Crippen LogP contribution < -0.4 is 9.47 Å². The molecule has 0 atom stereocenters. The minimum Gasteiger partial charge on any atom is -0.493 e. The number of aromatic nitrogens is 1. The molecule has 0 bridgehead atoms. The van der Waals surface area contributed by atoms with E-state index in [-0.39, 0.29) is 5.91 Å². The molecule has 0 saturated carbocycles. The third kappa shape index (κ3) is 5.92. The van der Waals surface area contributed by atoms with Gasteiger partial charge in [0, 0.05) is 29.4 Å². The van der Waals surface area contributed by atoms with Crippen LogP contribution in [0, 0.1) is 6.92 Å². The Morgan fingerprint density at radius 1 is 1.24 bits per heavy atom. The van der Waals surface area contributed by atoms with Gasteiger partial charge in [-0.15, -0.1) is 22.7 Å². The first-order chi connectivity index (χ1) is 14.1. The number of carbonyl (C=O) groups excluding carboxylic acids is 1. The normalized spacial score (nSPS) is 11.0. The Morgan fingerprint density at radius 3 is 2.76 bits per heavy atom. The Morgan fingerprint density at radius 2 is 2.10 bits per heavy atom. The van der Waals surface area contributed by atoms with E-state index in [1.807, 2.05) is 54.9 Å². The summed E-state index contributed by atoms with van der Waals surface area (Å²) in [7, 11) is 1.62. The fourth-order valence-electron chi connectivity index (χ4n) is 2.76. The molecule has 1 amide bonds. The van der Waals surface area contributed by atoms with Gasteiger partial charge in [-0.05, 0) is 49.1 Å². The van der Waals surface area contributed by atoms with Crippen molar-refractivity contribution < 1.29 is 14.3 Å². The number of nitrogens with zero attached hydrogens (tertiary/aromatic N) is 2. The van der Waals surface area contributed by atoms with Gasteiger partial charge in [-0.1, -0.05) is 12.1 Å².